The van der Waals surface area contributed by atoms with Gasteiger partial charge >= 0.3 is 5.97 Å². The summed E-state index contributed by atoms with van der Waals surface area (Å²) in [6.45, 7) is 5.26. The van der Waals surface area contributed by atoms with E-state index in [1.165, 1.54) is 44.1 Å². The molecular formula is C25H37N3O3. The van der Waals surface area contributed by atoms with Crippen molar-refractivity contribution >= 4 is 11.7 Å². The number of aromatic nitrogens is 2. The summed E-state index contributed by atoms with van der Waals surface area (Å²) < 4.78 is 8.35. The Kier molecular flexibility index (Phi) is 9.25. The Balaban J connectivity index is 1.60. The lowest BCUT2D eigenvalue weighted by atomic mass is 9.97. The number of ether oxygens (including phenoxy) is 1. The molecule has 2 heterocycles. The van der Waals surface area contributed by atoms with E-state index in [1.54, 1.807) is 6.20 Å². The first-order valence-electron chi connectivity index (χ1n) is 11.9. The van der Waals surface area contributed by atoms with Crippen LogP contribution in [0.3, 0.4) is 0 Å². The van der Waals surface area contributed by atoms with Crippen LogP contribution < -0.4 is 9.64 Å². The molecule has 1 aromatic carbocycles. The van der Waals surface area contributed by atoms with E-state index in [-0.39, 0.29) is 6.42 Å². The fourth-order valence-electron chi connectivity index (χ4n) is 4.44. The van der Waals surface area contributed by atoms with Crippen molar-refractivity contribution in [2.24, 2.45) is 0 Å². The molecular weight excluding hydrogens is 390 g/mol. The summed E-state index contributed by atoms with van der Waals surface area (Å²) in [6.07, 6.45) is 15.6. The van der Waals surface area contributed by atoms with Crippen LogP contribution in [0.25, 0.3) is 0 Å². The largest absolute Gasteiger partial charge is 0.493 e. The summed E-state index contributed by atoms with van der Waals surface area (Å²) in [4.78, 5) is 17.5. The number of anilines is 1. The van der Waals surface area contributed by atoms with Gasteiger partial charge in [-0.05, 0) is 25.0 Å². The van der Waals surface area contributed by atoms with Crippen molar-refractivity contribution in [1.29, 1.82) is 0 Å². The Morgan fingerprint density at radius 1 is 1.16 bits per heavy atom. The number of rotatable bonds is 15. The summed E-state index contributed by atoms with van der Waals surface area (Å²) in [5.41, 5.74) is 2.38. The van der Waals surface area contributed by atoms with Gasteiger partial charge in [0.1, 0.15) is 5.75 Å². The highest BCUT2D eigenvalue weighted by atomic mass is 16.5. The highest BCUT2D eigenvalue weighted by molar-refractivity contribution is 5.70. The van der Waals surface area contributed by atoms with Gasteiger partial charge in [0, 0.05) is 49.2 Å². The molecule has 1 atom stereocenters. The SMILES string of the molecule is CCCCCCCCCOc1cccc2c1C(CCn1ccnc1)CN2CCC(=O)O. The molecule has 6 heteroatoms. The first-order chi connectivity index (χ1) is 15.2. The highest BCUT2D eigenvalue weighted by Crippen LogP contribution is 2.44. The van der Waals surface area contributed by atoms with Crippen LogP contribution >= 0.6 is 0 Å². The van der Waals surface area contributed by atoms with Gasteiger partial charge in [0.2, 0.25) is 0 Å². The van der Waals surface area contributed by atoms with E-state index in [9.17, 15) is 4.79 Å². The number of carbonyl (C=O) groups is 1. The van der Waals surface area contributed by atoms with Crippen molar-refractivity contribution in [3.05, 3.63) is 42.5 Å². The van der Waals surface area contributed by atoms with Gasteiger partial charge in [-0.2, -0.15) is 0 Å². The number of hydrogen-bond acceptors (Lipinski definition) is 4. The topological polar surface area (TPSA) is 67.6 Å². The first kappa shape index (κ1) is 23.2. The Morgan fingerprint density at radius 3 is 2.71 bits per heavy atom. The number of imidazole rings is 1. The van der Waals surface area contributed by atoms with Crippen LogP contribution in [0.2, 0.25) is 0 Å². The molecule has 0 bridgehead atoms. The number of nitrogens with zero attached hydrogens (tertiary/aromatic N) is 3. The van der Waals surface area contributed by atoms with Gasteiger partial charge in [-0.3, -0.25) is 4.79 Å². The fourth-order valence-corrected chi connectivity index (χ4v) is 4.44. The minimum absolute atomic E-state index is 0.150. The van der Waals surface area contributed by atoms with E-state index >= 15 is 0 Å². The van der Waals surface area contributed by atoms with Crippen molar-refractivity contribution in [2.75, 3.05) is 24.6 Å². The van der Waals surface area contributed by atoms with Gasteiger partial charge in [0.05, 0.1) is 19.4 Å². The molecule has 0 amide bonds. The number of carboxylic acids is 1. The number of benzene rings is 1. The highest BCUT2D eigenvalue weighted by Gasteiger charge is 2.31. The molecule has 0 spiro atoms. The maximum atomic E-state index is 11.1. The summed E-state index contributed by atoms with van der Waals surface area (Å²) in [7, 11) is 0. The summed E-state index contributed by atoms with van der Waals surface area (Å²) in [5.74, 6) is 0.545. The molecule has 0 saturated heterocycles. The van der Waals surface area contributed by atoms with Gasteiger partial charge < -0.3 is 19.3 Å². The predicted molar refractivity (Wildman–Crippen MR) is 124 cm³/mol. The third kappa shape index (κ3) is 7.01. The second kappa shape index (κ2) is 12.4. The van der Waals surface area contributed by atoms with Gasteiger partial charge in [0.15, 0.2) is 0 Å². The smallest absolute Gasteiger partial charge is 0.305 e. The maximum Gasteiger partial charge on any atom is 0.305 e. The van der Waals surface area contributed by atoms with Crippen LogP contribution in [0.4, 0.5) is 5.69 Å². The number of unbranched alkanes of at least 4 members (excludes halogenated alkanes) is 6. The second-order valence-electron chi connectivity index (χ2n) is 8.53. The van der Waals surface area contributed by atoms with E-state index in [4.69, 9.17) is 9.84 Å². The van der Waals surface area contributed by atoms with Crippen LogP contribution in [-0.4, -0.2) is 40.3 Å². The number of aliphatic carboxylic acids is 1. The van der Waals surface area contributed by atoms with Crippen molar-refractivity contribution in [1.82, 2.24) is 9.55 Å². The molecule has 0 fully saturated rings. The van der Waals surface area contributed by atoms with E-state index < -0.39 is 5.97 Å². The molecule has 170 valence electrons. The minimum atomic E-state index is -0.755. The van der Waals surface area contributed by atoms with Crippen molar-refractivity contribution in [3.63, 3.8) is 0 Å². The maximum absolute atomic E-state index is 11.1. The zero-order chi connectivity index (χ0) is 21.9. The summed E-state index contributed by atoms with van der Waals surface area (Å²) >= 11 is 0. The minimum Gasteiger partial charge on any atom is -0.493 e. The average Bonchev–Trinajstić information content (AvgIpc) is 3.41. The molecule has 1 unspecified atom stereocenters. The van der Waals surface area contributed by atoms with Gasteiger partial charge in [0.25, 0.3) is 0 Å². The summed E-state index contributed by atoms with van der Waals surface area (Å²) in [6, 6.07) is 6.21. The normalized spacial score (nSPS) is 15.3. The second-order valence-corrected chi connectivity index (χ2v) is 8.53. The van der Waals surface area contributed by atoms with Crippen molar-refractivity contribution < 1.29 is 14.6 Å². The molecule has 3 rings (SSSR count). The zero-order valence-electron chi connectivity index (χ0n) is 18.8. The first-order valence-corrected chi connectivity index (χ1v) is 11.9. The summed E-state index contributed by atoms with van der Waals surface area (Å²) in [5, 5.41) is 9.14. The molecule has 0 radical (unpaired) electrons. The standard InChI is InChI=1S/C25H37N3O3/c1-2-3-4-5-6-7-8-18-31-23-11-9-10-22-25(23)21(12-15-27-17-14-26-20-27)19-28(22)16-13-24(29)30/h9-11,14,17,20-21H,2-8,12-13,15-16,18-19H2,1H3,(H,29,30). The van der Waals surface area contributed by atoms with Crippen LogP contribution in [0, 0.1) is 0 Å². The molecule has 1 N–H and O–H groups in total. The van der Waals surface area contributed by atoms with Crippen molar-refractivity contribution in [2.45, 2.75) is 77.2 Å². The fraction of sp³-hybridized carbons (Fsp3) is 0.600. The molecule has 0 saturated carbocycles. The van der Waals surface area contributed by atoms with E-state index in [2.05, 4.69) is 33.5 Å². The average molecular weight is 428 g/mol. The van der Waals surface area contributed by atoms with E-state index in [0.717, 1.165) is 44.0 Å². The van der Waals surface area contributed by atoms with Crippen LogP contribution in [0.15, 0.2) is 36.9 Å². The lowest BCUT2D eigenvalue weighted by molar-refractivity contribution is -0.136. The Labute approximate surface area is 186 Å². The third-order valence-electron chi connectivity index (χ3n) is 6.13. The van der Waals surface area contributed by atoms with Gasteiger partial charge in [-0.25, -0.2) is 4.98 Å². The van der Waals surface area contributed by atoms with Gasteiger partial charge in [-0.15, -0.1) is 0 Å². The molecule has 6 nitrogen and oxygen atoms in total. The van der Waals surface area contributed by atoms with Crippen LogP contribution in [-0.2, 0) is 11.3 Å². The number of aryl methyl sites for hydroxylation is 1. The monoisotopic (exact) mass is 427 g/mol. The molecule has 31 heavy (non-hydrogen) atoms. The van der Waals surface area contributed by atoms with Crippen molar-refractivity contribution in [3.8, 4) is 5.75 Å². The molecule has 1 aromatic heterocycles. The number of hydrogen-bond donors (Lipinski definition) is 1. The van der Waals surface area contributed by atoms with Gasteiger partial charge in [-0.1, -0.05) is 51.5 Å². The lowest BCUT2D eigenvalue weighted by Gasteiger charge is -2.19. The molecule has 1 aliphatic heterocycles. The molecule has 1 aliphatic rings. The molecule has 0 aliphatic carbocycles. The number of fused-ring (bicyclic) bond motifs is 1. The Morgan fingerprint density at radius 2 is 1.97 bits per heavy atom. The quantitative estimate of drug-likeness (QED) is 0.381. The van der Waals surface area contributed by atoms with Crippen LogP contribution in [0.1, 0.15) is 76.2 Å². The van der Waals surface area contributed by atoms with Crippen LogP contribution in [0.5, 0.6) is 5.75 Å². The van der Waals surface area contributed by atoms with E-state index in [0.29, 0.717) is 12.5 Å². The molecule has 2 aromatic rings. The third-order valence-corrected chi connectivity index (χ3v) is 6.13. The predicted octanol–water partition coefficient (Wildman–Crippen LogP) is 5.48. The zero-order valence-corrected chi connectivity index (χ0v) is 18.8. The lowest BCUT2D eigenvalue weighted by Crippen LogP contribution is -2.25. The van der Waals surface area contributed by atoms with E-state index in [1.807, 2.05) is 18.6 Å². The Bertz CT molecular complexity index is 791. The Hall–Kier alpha value is -2.50. The number of carboxylic acid groups (broad SMARTS) is 1.